The van der Waals surface area contributed by atoms with Crippen LogP contribution in [0.3, 0.4) is 0 Å². The molecule has 0 spiro atoms. The molecule has 0 radical (unpaired) electrons. The second kappa shape index (κ2) is 7.71. The molecule has 0 saturated carbocycles. The fourth-order valence-corrected chi connectivity index (χ4v) is 1.06. The average Bonchev–Trinajstić information content (AvgIpc) is 2.38. The van der Waals surface area contributed by atoms with E-state index in [4.69, 9.17) is 9.47 Å². The summed E-state index contributed by atoms with van der Waals surface area (Å²) in [6.45, 7) is 6.36. The molecule has 0 amide bonds. The van der Waals surface area contributed by atoms with Crippen molar-refractivity contribution >= 4 is 12.1 Å². The van der Waals surface area contributed by atoms with Crippen LogP contribution in [0.2, 0.25) is 0 Å². The minimum Gasteiger partial charge on any atom is -0.462 e. The summed E-state index contributed by atoms with van der Waals surface area (Å²) >= 11 is 0. The van der Waals surface area contributed by atoms with Gasteiger partial charge in [-0.2, -0.15) is 0 Å². The van der Waals surface area contributed by atoms with E-state index in [-0.39, 0.29) is 25.4 Å². The van der Waals surface area contributed by atoms with E-state index in [2.05, 4.69) is 11.3 Å². The van der Waals surface area contributed by atoms with Crippen LogP contribution in [0.25, 0.3) is 0 Å². The standard InChI is InChI=1S/C12H20O6/c1-5-12(6-13,8-18-11(15)16-4)7-17-10(14)9(2)3/h13H,2,5-8H2,1,3-4H3. The van der Waals surface area contributed by atoms with Crippen molar-refractivity contribution in [2.75, 3.05) is 26.9 Å². The third kappa shape index (κ3) is 5.18. The molecule has 0 aliphatic rings. The Morgan fingerprint density at radius 2 is 1.83 bits per heavy atom. The van der Waals surface area contributed by atoms with Crippen molar-refractivity contribution in [2.45, 2.75) is 20.3 Å². The van der Waals surface area contributed by atoms with E-state index < -0.39 is 17.5 Å². The molecule has 0 fully saturated rings. The highest BCUT2D eigenvalue weighted by Crippen LogP contribution is 2.23. The minimum absolute atomic E-state index is 0.0529. The summed E-state index contributed by atoms with van der Waals surface area (Å²) in [7, 11) is 1.19. The molecule has 0 saturated heterocycles. The van der Waals surface area contributed by atoms with Crippen molar-refractivity contribution in [3.8, 4) is 0 Å². The maximum atomic E-state index is 11.3. The van der Waals surface area contributed by atoms with Gasteiger partial charge in [-0.1, -0.05) is 13.5 Å². The predicted octanol–water partition coefficient (Wildman–Crippen LogP) is 1.28. The van der Waals surface area contributed by atoms with Crippen molar-refractivity contribution in [3.63, 3.8) is 0 Å². The van der Waals surface area contributed by atoms with Crippen LogP contribution in [0.1, 0.15) is 20.3 Å². The summed E-state index contributed by atoms with van der Waals surface area (Å²) in [4.78, 5) is 22.2. The number of carbonyl (C=O) groups excluding carboxylic acids is 2. The zero-order chi connectivity index (χ0) is 14.2. The van der Waals surface area contributed by atoms with Gasteiger partial charge in [-0.3, -0.25) is 0 Å². The first-order valence-electron chi connectivity index (χ1n) is 5.55. The van der Waals surface area contributed by atoms with Gasteiger partial charge in [0.1, 0.15) is 13.2 Å². The topological polar surface area (TPSA) is 82.1 Å². The number of methoxy groups -OCH3 is 1. The molecule has 0 aromatic heterocycles. The fraction of sp³-hybridized carbons (Fsp3) is 0.667. The van der Waals surface area contributed by atoms with Gasteiger partial charge in [0.15, 0.2) is 0 Å². The van der Waals surface area contributed by atoms with Crippen LogP contribution in [0.4, 0.5) is 4.79 Å². The normalized spacial score (nSPS) is 13.3. The lowest BCUT2D eigenvalue weighted by atomic mass is 9.88. The van der Waals surface area contributed by atoms with Gasteiger partial charge in [0.05, 0.1) is 19.1 Å². The molecule has 0 aliphatic carbocycles. The molecular weight excluding hydrogens is 240 g/mol. The van der Waals surface area contributed by atoms with E-state index in [9.17, 15) is 14.7 Å². The Balaban J connectivity index is 4.46. The Bertz CT molecular complexity index is 306. The van der Waals surface area contributed by atoms with Crippen molar-refractivity contribution in [3.05, 3.63) is 12.2 Å². The van der Waals surface area contributed by atoms with Crippen molar-refractivity contribution < 1.29 is 28.9 Å². The lowest BCUT2D eigenvalue weighted by Crippen LogP contribution is -2.37. The molecule has 18 heavy (non-hydrogen) atoms. The van der Waals surface area contributed by atoms with E-state index in [1.54, 1.807) is 6.92 Å². The second-order valence-corrected chi connectivity index (χ2v) is 4.11. The van der Waals surface area contributed by atoms with Crippen LogP contribution in [0.15, 0.2) is 12.2 Å². The number of esters is 1. The molecule has 1 unspecified atom stereocenters. The first-order valence-corrected chi connectivity index (χ1v) is 5.55. The quantitative estimate of drug-likeness (QED) is 0.548. The predicted molar refractivity (Wildman–Crippen MR) is 63.9 cm³/mol. The Morgan fingerprint density at radius 1 is 1.28 bits per heavy atom. The molecule has 0 rings (SSSR count). The van der Waals surface area contributed by atoms with Gasteiger partial charge in [-0.25, -0.2) is 9.59 Å². The van der Waals surface area contributed by atoms with E-state index >= 15 is 0 Å². The molecule has 1 atom stereocenters. The second-order valence-electron chi connectivity index (χ2n) is 4.11. The summed E-state index contributed by atoms with van der Waals surface area (Å²) in [5, 5.41) is 9.37. The van der Waals surface area contributed by atoms with Crippen LogP contribution in [-0.4, -0.2) is 44.2 Å². The largest absolute Gasteiger partial charge is 0.508 e. The number of aliphatic hydroxyl groups is 1. The number of hydrogen-bond donors (Lipinski definition) is 1. The highest BCUT2D eigenvalue weighted by Gasteiger charge is 2.31. The summed E-state index contributed by atoms with van der Waals surface area (Å²) < 4.78 is 14.1. The van der Waals surface area contributed by atoms with Gasteiger partial charge in [0, 0.05) is 5.57 Å². The van der Waals surface area contributed by atoms with Gasteiger partial charge in [0.2, 0.25) is 0 Å². The molecular formula is C12H20O6. The number of rotatable bonds is 7. The van der Waals surface area contributed by atoms with Crippen LogP contribution in [-0.2, 0) is 19.0 Å². The lowest BCUT2D eigenvalue weighted by Gasteiger charge is -2.29. The number of ether oxygens (including phenoxy) is 3. The van der Waals surface area contributed by atoms with E-state index in [0.717, 1.165) is 0 Å². The van der Waals surface area contributed by atoms with Crippen molar-refractivity contribution in [1.82, 2.24) is 0 Å². The molecule has 0 aliphatic heterocycles. The summed E-state index contributed by atoms with van der Waals surface area (Å²) in [6.07, 6.45) is -0.364. The number of aliphatic hydroxyl groups excluding tert-OH is 1. The van der Waals surface area contributed by atoms with Crippen LogP contribution in [0.5, 0.6) is 0 Å². The Kier molecular flexibility index (Phi) is 7.04. The van der Waals surface area contributed by atoms with Gasteiger partial charge in [-0.05, 0) is 13.3 Å². The highest BCUT2D eigenvalue weighted by molar-refractivity contribution is 5.86. The van der Waals surface area contributed by atoms with Crippen molar-refractivity contribution in [1.29, 1.82) is 0 Å². The molecule has 104 valence electrons. The SMILES string of the molecule is C=C(C)C(=O)OCC(CC)(CO)COC(=O)OC. The van der Waals surface area contributed by atoms with Crippen LogP contribution >= 0.6 is 0 Å². The third-order valence-corrected chi connectivity index (χ3v) is 2.61. The van der Waals surface area contributed by atoms with E-state index in [0.29, 0.717) is 6.42 Å². The maximum absolute atomic E-state index is 11.3. The number of hydrogen-bond acceptors (Lipinski definition) is 6. The molecule has 1 N–H and O–H groups in total. The highest BCUT2D eigenvalue weighted by atomic mass is 16.7. The van der Waals surface area contributed by atoms with Gasteiger partial charge in [-0.15, -0.1) is 0 Å². The molecule has 6 heteroatoms. The Hall–Kier alpha value is -1.56. The van der Waals surface area contributed by atoms with Crippen LogP contribution in [0, 0.1) is 5.41 Å². The molecule has 0 aromatic carbocycles. The van der Waals surface area contributed by atoms with Gasteiger partial charge in [0.25, 0.3) is 0 Å². The van der Waals surface area contributed by atoms with Gasteiger partial charge < -0.3 is 19.3 Å². The fourth-order valence-electron chi connectivity index (χ4n) is 1.06. The zero-order valence-electron chi connectivity index (χ0n) is 11.0. The Labute approximate surface area is 107 Å². The van der Waals surface area contributed by atoms with E-state index in [1.165, 1.54) is 14.0 Å². The van der Waals surface area contributed by atoms with Gasteiger partial charge >= 0.3 is 12.1 Å². The summed E-state index contributed by atoms with van der Waals surface area (Å²) in [6, 6.07) is 0. The average molecular weight is 260 g/mol. The summed E-state index contributed by atoms with van der Waals surface area (Å²) in [5.41, 5.74) is -0.550. The Morgan fingerprint density at radius 3 is 2.22 bits per heavy atom. The van der Waals surface area contributed by atoms with Crippen molar-refractivity contribution in [2.24, 2.45) is 5.41 Å². The smallest absolute Gasteiger partial charge is 0.462 e. The monoisotopic (exact) mass is 260 g/mol. The van der Waals surface area contributed by atoms with Crippen LogP contribution < -0.4 is 0 Å². The summed E-state index contributed by atoms with van der Waals surface area (Å²) in [5.74, 6) is -0.542. The molecule has 0 aromatic rings. The molecule has 0 heterocycles. The first-order chi connectivity index (χ1) is 8.40. The third-order valence-electron chi connectivity index (χ3n) is 2.61. The van der Waals surface area contributed by atoms with E-state index in [1.807, 2.05) is 0 Å². The molecule has 6 nitrogen and oxygen atoms in total. The zero-order valence-corrected chi connectivity index (χ0v) is 11.0. The maximum Gasteiger partial charge on any atom is 0.508 e. The number of carbonyl (C=O) groups is 2. The lowest BCUT2D eigenvalue weighted by molar-refractivity contribution is -0.145. The minimum atomic E-state index is -0.840. The first kappa shape index (κ1) is 16.4. The molecule has 0 bridgehead atoms.